The molecule has 0 aliphatic heterocycles. The molecule has 4 rings (SSSR count). The Morgan fingerprint density at radius 1 is 1.19 bits per heavy atom. The number of nitrogens with zero attached hydrogens (tertiary/aromatic N) is 2. The molecule has 6 heteroatoms. The monoisotopic (exact) mass is 352 g/mol. The van der Waals surface area contributed by atoms with Gasteiger partial charge in [0.1, 0.15) is 0 Å². The number of aryl methyl sites for hydroxylation is 1. The highest BCUT2D eigenvalue weighted by atomic mass is 16.5. The minimum absolute atomic E-state index is 0.00152. The maximum absolute atomic E-state index is 12.4. The molecular formula is C20H24N4O2. The van der Waals surface area contributed by atoms with E-state index in [1.807, 2.05) is 31.6 Å². The minimum atomic E-state index is 0.00152. The van der Waals surface area contributed by atoms with Gasteiger partial charge in [0.05, 0.1) is 17.8 Å². The molecule has 0 saturated heterocycles. The highest BCUT2D eigenvalue weighted by Gasteiger charge is 2.21. The summed E-state index contributed by atoms with van der Waals surface area (Å²) in [4.78, 5) is 12.4. The van der Waals surface area contributed by atoms with Gasteiger partial charge in [0.15, 0.2) is 0 Å². The summed E-state index contributed by atoms with van der Waals surface area (Å²) in [5, 5.41) is 11.6. The Morgan fingerprint density at radius 3 is 2.69 bits per heavy atom. The van der Waals surface area contributed by atoms with Crippen LogP contribution in [-0.4, -0.2) is 34.0 Å². The molecule has 1 fully saturated rings. The molecule has 0 radical (unpaired) electrons. The molecule has 0 bridgehead atoms. The molecule has 1 aliphatic carbocycles. The second-order valence-corrected chi connectivity index (χ2v) is 7.03. The molecule has 2 heterocycles. The zero-order chi connectivity index (χ0) is 18.1. The lowest BCUT2D eigenvalue weighted by atomic mass is 9.92. The summed E-state index contributed by atoms with van der Waals surface area (Å²) in [5.41, 5.74) is 3.96. The summed E-state index contributed by atoms with van der Waals surface area (Å²) in [5.74, 6) is 0. The summed E-state index contributed by atoms with van der Waals surface area (Å²) in [6, 6.07) is 8.24. The van der Waals surface area contributed by atoms with E-state index in [1.165, 1.54) is 0 Å². The average Bonchev–Trinajstić information content (AvgIpc) is 3.21. The fourth-order valence-corrected chi connectivity index (χ4v) is 3.83. The number of H-pyrrole nitrogens is 1. The molecule has 2 aromatic heterocycles. The summed E-state index contributed by atoms with van der Waals surface area (Å²) in [6.07, 6.45) is 8.26. The van der Waals surface area contributed by atoms with E-state index >= 15 is 0 Å². The summed E-state index contributed by atoms with van der Waals surface area (Å²) in [7, 11) is 3.60. The smallest absolute Gasteiger partial charge is 0.252 e. The second kappa shape index (κ2) is 6.96. The first-order chi connectivity index (χ1) is 12.7. The van der Waals surface area contributed by atoms with Crippen molar-refractivity contribution in [1.29, 1.82) is 0 Å². The average molecular weight is 352 g/mol. The van der Waals surface area contributed by atoms with E-state index in [4.69, 9.17) is 4.74 Å². The van der Waals surface area contributed by atoms with Gasteiger partial charge in [-0.05, 0) is 43.4 Å². The Kier molecular flexibility index (Phi) is 4.51. The topological polar surface area (TPSA) is 71.9 Å². The van der Waals surface area contributed by atoms with Gasteiger partial charge in [0.2, 0.25) is 0 Å². The van der Waals surface area contributed by atoms with Gasteiger partial charge in [-0.1, -0.05) is 6.07 Å². The molecule has 0 amide bonds. The van der Waals surface area contributed by atoms with Crippen LogP contribution in [0, 0.1) is 0 Å². The molecule has 1 aromatic carbocycles. The van der Waals surface area contributed by atoms with Crippen LogP contribution in [0.25, 0.3) is 22.0 Å². The Labute approximate surface area is 152 Å². The van der Waals surface area contributed by atoms with Gasteiger partial charge in [0, 0.05) is 49.1 Å². The third kappa shape index (κ3) is 3.12. The normalized spacial score (nSPS) is 20.4. The zero-order valence-electron chi connectivity index (χ0n) is 15.2. The molecule has 2 N–H and O–H groups in total. The second-order valence-electron chi connectivity index (χ2n) is 7.03. The first kappa shape index (κ1) is 16.8. The van der Waals surface area contributed by atoms with E-state index in [1.54, 1.807) is 17.7 Å². The van der Waals surface area contributed by atoms with Gasteiger partial charge >= 0.3 is 0 Å². The van der Waals surface area contributed by atoms with Crippen molar-refractivity contribution in [1.82, 2.24) is 14.8 Å². The van der Waals surface area contributed by atoms with E-state index in [0.29, 0.717) is 12.1 Å². The van der Waals surface area contributed by atoms with E-state index in [2.05, 4.69) is 21.6 Å². The van der Waals surface area contributed by atoms with Crippen LogP contribution in [-0.2, 0) is 11.8 Å². The number of ether oxygens (including phenoxy) is 1. The molecule has 26 heavy (non-hydrogen) atoms. The number of nitrogens with one attached hydrogen (secondary N) is 2. The van der Waals surface area contributed by atoms with Crippen molar-refractivity contribution in [2.75, 3.05) is 12.4 Å². The molecular weight excluding hydrogens is 328 g/mol. The van der Waals surface area contributed by atoms with Crippen molar-refractivity contribution in [3.05, 3.63) is 47.0 Å². The van der Waals surface area contributed by atoms with E-state index in [9.17, 15) is 4.79 Å². The quantitative estimate of drug-likeness (QED) is 0.756. The number of hydrogen-bond donors (Lipinski definition) is 2. The third-order valence-corrected chi connectivity index (χ3v) is 5.45. The predicted molar refractivity (Wildman–Crippen MR) is 103 cm³/mol. The lowest BCUT2D eigenvalue weighted by Gasteiger charge is -2.29. The van der Waals surface area contributed by atoms with Gasteiger partial charge < -0.3 is 14.6 Å². The Morgan fingerprint density at radius 2 is 2.00 bits per heavy atom. The van der Waals surface area contributed by atoms with Crippen LogP contribution in [0.3, 0.4) is 0 Å². The highest BCUT2D eigenvalue weighted by Crippen LogP contribution is 2.30. The number of benzene rings is 1. The zero-order valence-corrected chi connectivity index (χ0v) is 15.2. The van der Waals surface area contributed by atoms with Crippen molar-refractivity contribution in [3.8, 4) is 11.1 Å². The third-order valence-electron chi connectivity index (χ3n) is 5.45. The molecule has 1 saturated carbocycles. The Hall–Kier alpha value is -2.60. The van der Waals surface area contributed by atoms with Crippen molar-refractivity contribution >= 4 is 16.6 Å². The molecule has 1 aliphatic rings. The van der Waals surface area contributed by atoms with Crippen molar-refractivity contribution in [3.63, 3.8) is 0 Å². The number of aromatic amines is 1. The fourth-order valence-electron chi connectivity index (χ4n) is 3.83. The molecule has 0 atom stereocenters. The molecule has 0 spiro atoms. The molecule has 136 valence electrons. The highest BCUT2D eigenvalue weighted by molar-refractivity contribution is 5.94. The Bertz CT molecular complexity index is 954. The van der Waals surface area contributed by atoms with Gasteiger partial charge in [0.25, 0.3) is 5.56 Å². The Balaban J connectivity index is 1.72. The first-order valence-electron chi connectivity index (χ1n) is 9.08. The molecule has 0 unspecified atom stereocenters. The van der Waals surface area contributed by atoms with Crippen LogP contribution in [0.15, 0.2) is 41.5 Å². The first-order valence-corrected chi connectivity index (χ1v) is 9.08. The molecule has 6 nitrogen and oxygen atoms in total. The van der Waals surface area contributed by atoms with Crippen molar-refractivity contribution < 1.29 is 4.74 Å². The van der Waals surface area contributed by atoms with Crippen LogP contribution in [0.4, 0.5) is 5.69 Å². The standard InChI is InChI=1S/C20H24N4O2/c1-24-19-8-3-13(14-11-21-22-12-14)9-17(19)18(10-20(24)25)23-15-4-6-16(26-2)7-5-15/h3,8-12,15-16,23H,4-7H2,1-2H3,(H,21,22). The number of methoxy groups -OCH3 is 1. The lowest BCUT2D eigenvalue weighted by molar-refractivity contribution is 0.0682. The summed E-state index contributed by atoms with van der Waals surface area (Å²) in [6.45, 7) is 0. The van der Waals surface area contributed by atoms with Gasteiger partial charge in [-0.2, -0.15) is 5.10 Å². The SMILES string of the molecule is COC1CCC(Nc2cc(=O)n(C)c3ccc(-c4cn[nH]c4)cc23)CC1. The fraction of sp³-hybridized carbons (Fsp3) is 0.400. The van der Waals surface area contributed by atoms with E-state index in [0.717, 1.165) is 53.4 Å². The van der Waals surface area contributed by atoms with Crippen molar-refractivity contribution in [2.24, 2.45) is 7.05 Å². The largest absolute Gasteiger partial charge is 0.382 e. The summed E-state index contributed by atoms with van der Waals surface area (Å²) < 4.78 is 7.16. The number of hydrogen-bond acceptors (Lipinski definition) is 4. The van der Waals surface area contributed by atoms with Crippen LogP contribution >= 0.6 is 0 Å². The number of rotatable bonds is 4. The lowest BCUT2D eigenvalue weighted by Crippen LogP contribution is -2.30. The minimum Gasteiger partial charge on any atom is -0.382 e. The maximum atomic E-state index is 12.4. The van der Waals surface area contributed by atoms with Crippen LogP contribution in [0.5, 0.6) is 0 Å². The van der Waals surface area contributed by atoms with Crippen LogP contribution < -0.4 is 10.9 Å². The van der Waals surface area contributed by atoms with Gasteiger partial charge in [-0.15, -0.1) is 0 Å². The van der Waals surface area contributed by atoms with Crippen molar-refractivity contribution in [2.45, 2.75) is 37.8 Å². The summed E-state index contributed by atoms with van der Waals surface area (Å²) >= 11 is 0. The van der Waals surface area contributed by atoms with Gasteiger partial charge in [-0.25, -0.2) is 0 Å². The number of fused-ring (bicyclic) bond motifs is 1. The molecule has 3 aromatic rings. The van der Waals surface area contributed by atoms with Crippen LogP contribution in [0.2, 0.25) is 0 Å². The maximum Gasteiger partial charge on any atom is 0.252 e. The number of anilines is 1. The van der Waals surface area contributed by atoms with E-state index in [-0.39, 0.29) is 5.56 Å². The number of aromatic nitrogens is 3. The number of pyridine rings is 1. The van der Waals surface area contributed by atoms with E-state index < -0.39 is 0 Å². The van der Waals surface area contributed by atoms with Gasteiger partial charge in [-0.3, -0.25) is 9.89 Å². The van der Waals surface area contributed by atoms with Crippen LogP contribution in [0.1, 0.15) is 25.7 Å². The predicted octanol–water partition coefficient (Wildman–Crippen LogP) is 3.30.